The van der Waals surface area contributed by atoms with Gasteiger partial charge in [-0.2, -0.15) is 0 Å². The molecule has 156 valence electrons. The van der Waals surface area contributed by atoms with Crippen molar-refractivity contribution in [2.45, 2.75) is 13.0 Å². The molecule has 0 bridgehead atoms. The second-order valence-corrected chi connectivity index (χ2v) is 7.26. The van der Waals surface area contributed by atoms with E-state index in [4.69, 9.17) is 4.74 Å². The first-order chi connectivity index (χ1) is 14.9. The summed E-state index contributed by atoms with van der Waals surface area (Å²) < 4.78 is 20.0. The molecule has 3 aromatic carbocycles. The van der Waals surface area contributed by atoms with Crippen LogP contribution in [0.5, 0.6) is 5.75 Å². The van der Waals surface area contributed by atoms with Gasteiger partial charge in [-0.1, -0.05) is 42.5 Å². The van der Waals surface area contributed by atoms with Crippen LogP contribution in [0.15, 0.2) is 78.4 Å². The quantitative estimate of drug-likeness (QED) is 0.377. The molecule has 1 aliphatic heterocycles. The van der Waals surface area contributed by atoms with Crippen LogP contribution in [0.2, 0.25) is 0 Å². The number of ether oxygens (including phenoxy) is 1. The Morgan fingerprint density at radius 2 is 1.74 bits per heavy atom. The maximum absolute atomic E-state index is 14.8. The van der Waals surface area contributed by atoms with E-state index in [1.165, 1.54) is 30.2 Å². The summed E-state index contributed by atoms with van der Waals surface area (Å²) in [6.07, 6.45) is 0. The van der Waals surface area contributed by atoms with Gasteiger partial charge in [0.15, 0.2) is 0 Å². The molecule has 4 rings (SSSR count). The summed E-state index contributed by atoms with van der Waals surface area (Å²) >= 11 is 0. The molecule has 1 aliphatic rings. The molecule has 0 spiro atoms. The van der Waals surface area contributed by atoms with Crippen molar-refractivity contribution in [1.29, 1.82) is 0 Å². The zero-order valence-corrected chi connectivity index (χ0v) is 17.0. The monoisotopic (exact) mass is 417 g/mol. The van der Waals surface area contributed by atoms with Crippen molar-refractivity contribution in [1.82, 2.24) is 0 Å². The fraction of sp³-hybridized carbons (Fsp3) is 0.120. The largest absolute Gasteiger partial charge is 0.507 e. The highest BCUT2D eigenvalue weighted by atomic mass is 19.1. The van der Waals surface area contributed by atoms with Crippen LogP contribution in [0.1, 0.15) is 22.7 Å². The highest BCUT2D eigenvalue weighted by molar-refractivity contribution is 6.51. The van der Waals surface area contributed by atoms with Crippen molar-refractivity contribution < 1.29 is 23.8 Å². The van der Waals surface area contributed by atoms with Gasteiger partial charge in [0, 0.05) is 16.8 Å². The van der Waals surface area contributed by atoms with Gasteiger partial charge in [-0.05, 0) is 42.8 Å². The van der Waals surface area contributed by atoms with Crippen molar-refractivity contribution in [3.05, 3.63) is 101 Å². The van der Waals surface area contributed by atoms with Crippen LogP contribution in [0.3, 0.4) is 0 Å². The van der Waals surface area contributed by atoms with Crippen molar-refractivity contribution in [3.63, 3.8) is 0 Å². The molecule has 1 N–H and O–H groups in total. The molecular weight excluding hydrogens is 397 g/mol. The first-order valence-electron chi connectivity index (χ1n) is 9.69. The Bertz CT molecular complexity index is 1220. The molecule has 1 atom stereocenters. The molecule has 0 saturated carbocycles. The van der Waals surface area contributed by atoms with Crippen LogP contribution < -0.4 is 9.64 Å². The normalized spacial score (nSPS) is 17.8. The Balaban J connectivity index is 1.98. The summed E-state index contributed by atoms with van der Waals surface area (Å²) in [5.41, 5.74) is 1.56. The number of anilines is 1. The fourth-order valence-corrected chi connectivity index (χ4v) is 3.79. The first kappa shape index (κ1) is 20.3. The fourth-order valence-electron chi connectivity index (χ4n) is 3.79. The van der Waals surface area contributed by atoms with E-state index in [1.54, 1.807) is 48.5 Å². The van der Waals surface area contributed by atoms with E-state index in [0.29, 0.717) is 17.0 Å². The zero-order valence-electron chi connectivity index (χ0n) is 17.0. The molecule has 1 saturated heterocycles. The number of hydrogen-bond acceptors (Lipinski definition) is 4. The van der Waals surface area contributed by atoms with E-state index in [1.807, 2.05) is 13.0 Å². The molecular formula is C25H20FNO4. The Kier molecular flexibility index (Phi) is 5.29. The van der Waals surface area contributed by atoms with Gasteiger partial charge in [-0.3, -0.25) is 14.5 Å². The number of methoxy groups -OCH3 is 1. The lowest BCUT2D eigenvalue weighted by Crippen LogP contribution is -2.29. The van der Waals surface area contributed by atoms with Gasteiger partial charge in [-0.25, -0.2) is 4.39 Å². The number of carbonyl (C=O) groups excluding carboxylic acids is 2. The van der Waals surface area contributed by atoms with Gasteiger partial charge >= 0.3 is 0 Å². The number of nitrogens with zero attached hydrogens (tertiary/aromatic N) is 1. The third-order valence-corrected chi connectivity index (χ3v) is 5.27. The van der Waals surface area contributed by atoms with E-state index in [2.05, 4.69) is 0 Å². The second-order valence-electron chi connectivity index (χ2n) is 7.26. The first-order valence-corrected chi connectivity index (χ1v) is 9.69. The molecule has 1 amide bonds. The summed E-state index contributed by atoms with van der Waals surface area (Å²) in [6.45, 7) is 1.86. The van der Waals surface area contributed by atoms with E-state index in [9.17, 15) is 19.1 Å². The minimum Gasteiger partial charge on any atom is -0.507 e. The summed E-state index contributed by atoms with van der Waals surface area (Å²) in [5.74, 6) is -2.21. The highest BCUT2D eigenvalue weighted by Gasteiger charge is 2.47. The predicted octanol–water partition coefficient (Wildman–Crippen LogP) is 4.77. The summed E-state index contributed by atoms with van der Waals surface area (Å²) in [6, 6.07) is 18.3. The molecule has 1 heterocycles. The molecule has 3 aromatic rings. The smallest absolute Gasteiger partial charge is 0.300 e. The minimum atomic E-state index is -1.12. The molecule has 0 aromatic heterocycles. The molecule has 1 fully saturated rings. The third kappa shape index (κ3) is 3.57. The van der Waals surface area contributed by atoms with Crippen molar-refractivity contribution in [2.75, 3.05) is 12.0 Å². The number of Topliss-reactive ketones (excluding diaryl/α,β-unsaturated/α-hetero) is 1. The Morgan fingerprint density at radius 1 is 1.00 bits per heavy atom. The molecule has 0 aliphatic carbocycles. The lowest BCUT2D eigenvalue weighted by Gasteiger charge is -2.26. The Morgan fingerprint density at radius 3 is 2.45 bits per heavy atom. The van der Waals surface area contributed by atoms with E-state index >= 15 is 0 Å². The number of aliphatic hydroxyl groups is 1. The van der Waals surface area contributed by atoms with Gasteiger partial charge in [0.2, 0.25) is 0 Å². The lowest BCUT2D eigenvalue weighted by molar-refractivity contribution is -0.132. The highest BCUT2D eigenvalue weighted by Crippen LogP contribution is 2.43. The van der Waals surface area contributed by atoms with E-state index < -0.39 is 23.5 Å². The average molecular weight is 417 g/mol. The number of aliphatic hydroxyl groups excluding tert-OH is 1. The Hall–Kier alpha value is -3.93. The van der Waals surface area contributed by atoms with Gasteiger partial charge < -0.3 is 9.84 Å². The number of hydrogen-bond donors (Lipinski definition) is 1. The van der Waals surface area contributed by atoms with E-state index in [0.717, 1.165) is 5.56 Å². The molecule has 0 radical (unpaired) electrons. The lowest BCUT2D eigenvalue weighted by atomic mass is 9.94. The minimum absolute atomic E-state index is 0.118. The number of benzene rings is 3. The van der Waals surface area contributed by atoms with Crippen LogP contribution in [-0.4, -0.2) is 23.9 Å². The maximum atomic E-state index is 14.8. The van der Waals surface area contributed by atoms with Crippen LogP contribution in [0.25, 0.3) is 5.76 Å². The second kappa shape index (κ2) is 8.07. The standard InChI is InChI=1S/C25H20FNO4/c1-15-7-5-9-17(13-15)27-22(19-11-3-4-12-20(19)26)21(24(29)25(27)30)23(28)16-8-6-10-18(14-16)31-2/h3-14,22,28H,1-2H3/b23-21+. The summed E-state index contributed by atoms with van der Waals surface area (Å²) in [4.78, 5) is 27.4. The van der Waals surface area contributed by atoms with Crippen molar-refractivity contribution in [3.8, 4) is 5.75 Å². The number of aryl methyl sites for hydroxylation is 1. The van der Waals surface area contributed by atoms with E-state index in [-0.39, 0.29) is 16.9 Å². The number of halogens is 1. The summed E-state index contributed by atoms with van der Waals surface area (Å²) in [5, 5.41) is 11.1. The van der Waals surface area contributed by atoms with Crippen LogP contribution in [0, 0.1) is 12.7 Å². The molecule has 5 nitrogen and oxygen atoms in total. The SMILES string of the molecule is COc1cccc(/C(O)=C2\C(=O)C(=O)N(c3cccc(C)c3)C2c2ccccc2F)c1. The number of ketones is 1. The van der Waals surface area contributed by atoms with Gasteiger partial charge in [-0.15, -0.1) is 0 Å². The summed E-state index contributed by atoms with van der Waals surface area (Å²) in [7, 11) is 1.48. The van der Waals surface area contributed by atoms with Crippen molar-refractivity contribution >= 4 is 23.1 Å². The maximum Gasteiger partial charge on any atom is 0.300 e. The number of rotatable bonds is 4. The van der Waals surface area contributed by atoms with Crippen LogP contribution >= 0.6 is 0 Å². The van der Waals surface area contributed by atoms with Crippen molar-refractivity contribution in [2.24, 2.45) is 0 Å². The van der Waals surface area contributed by atoms with Gasteiger partial charge in [0.05, 0.1) is 18.7 Å². The number of amides is 1. The predicted molar refractivity (Wildman–Crippen MR) is 115 cm³/mol. The average Bonchev–Trinajstić information content (AvgIpc) is 3.04. The number of carbonyl (C=O) groups is 2. The van der Waals surface area contributed by atoms with Crippen LogP contribution in [-0.2, 0) is 9.59 Å². The van der Waals surface area contributed by atoms with Gasteiger partial charge in [0.25, 0.3) is 11.7 Å². The van der Waals surface area contributed by atoms with Gasteiger partial charge in [0.1, 0.15) is 17.3 Å². The zero-order chi connectivity index (χ0) is 22.1. The molecule has 6 heteroatoms. The topological polar surface area (TPSA) is 66.8 Å². The molecule has 1 unspecified atom stereocenters. The van der Waals surface area contributed by atoms with Crippen LogP contribution in [0.4, 0.5) is 10.1 Å². The Labute approximate surface area is 179 Å². The molecule has 31 heavy (non-hydrogen) atoms. The third-order valence-electron chi connectivity index (χ3n) is 5.27.